The molecule has 0 aromatic heterocycles. The summed E-state index contributed by atoms with van der Waals surface area (Å²) in [6, 6.07) is 0.193. The molecule has 1 atom stereocenters. The summed E-state index contributed by atoms with van der Waals surface area (Å²) in [7, 11) is -3.19. The summed E-state index contributed by atoms with van der Waals surface area (Å²) in [6.07, 6.45) is 4.19. The minimum atomic E-state index is -3.19. The Kier molecular flexibility index (Phi) is 3.53. The van der Waals surface area contributed by atoms with Crippen molar-refractivity contribution in [2.75, 3.05) is 18.6 Å². The zero-order valence-corrected chi connectivity index (χ0v) is 9.51. The molecule has 1 heterocycles. The maximum atomic E-state index is 11.6. The summed E-state index contributed by atoms with van der Waals surface area (Å²) in [5.74, 6) is -0.600. The number of sulfone groups is 1. The van der Waals surface area contributed by atoms with E-state index in [0.717, 1.165) is 25.5 Å². The SMILES string of the molecule is CC1CCCCN1C(=O)CS(C)(=O)=O. The van der Waals surface area contributed by atoms with Crippen LogP contribution in [0.25, 0.3) is 0 Å². The molecule has 1 unspecified atom stereocenters. The Morgan fingerprint density at radius 1 is 1.43 bits per heavy atom. The van der Waals surface area contributed by atoms with E-state index in [-0.39, 0.29) is 17.7 Å². The number of hydrogen-bond donors (Lipinski definition) is 0. The second-order valence-electron chi connectivity index (χ2n) is 4.00. The lowest BCUT2D eigenvalue weighted by Crippen LogP contribution is -2.44. The molecule has 1 fully saturated rings. The van der Waals surface area contributed by atoms with Crippen molar-refractivity contribution in [2.45, 2.75) is 32.2 Å². The molecule has 0 bridgehead atoms. The fraction of sp³-hybridized carbons (Fsp3) is 0.889. The van der Waals surface area contributed by atoms with Crippen LogP contribution in [-0.2, 0) is 14.6 Å². The molecular weight excluding hydrogens is 202 g/mol. The van der Waals surface area contributed by atoms with E-state index in [0.29, 0.717) is 6.54 Å². The number of nitrogens with zero attached hydrogens (tertiary/aromatic N) is 1. The van der Waals surface area contributed by atoms with Gasteiger partial charge in [0.25, 0.3) is 0 Å². The standard InChI is InChI=1S/C9H17NO3S/c1-8-5-3-4-6-10(8)9(11)7-14(2,12)13/h8H,3-7H2,1-2H3. The number of amides is 1. The number of carbonyl (C=O) groups is 1. The zero-order chi connectivity index (χ0) is 10.8. The van der Waals surface area contributed by atoms with E-state index in [9.17, 15) is 13.2 Å². The van der Waals surface area contributed by atoms with Crippen molar-refractivity contribution < 1.29 is 13.2 Å². The normalized spacial score (nSPS) is 23.6. The molecule has 1 saturated heterocycles. The molecular formula is C9H17NO3S. The molecule has 0 N–H and O–H groups in total. The van der Waals surface area contributed by atoms with Gasteiger partial charge in [-0.2, -0.15) is 0 Å². The highest BCUT2D eigenvalue weighted by molar-refractivity contribution is 7.91. The lowest BCUT2D eigenvalue weighted by Gasteiger charge is -2.33. The number of likely N-dealkylation sites (tertiary alicyclic amines) is 1. The van der Waals surface area contributed by atoms with Crippen molar-refractivity contribution in [3.05, 3.63) is 0 Å². The first-order valence-electron chi connectivity index (χ1n) is 4.87. The van der Waals surface area contributed by atoms with Gasteiger partial charge in [-0.3, -0.25) is 4.79 Å². The van der Waals surface area contributed by atoms with Gasteiger partial charge >= 0.3 is 0 Å². The molecule has 0 radical (unpaired) electrons. The van der Waals surface area contributed by atoms with Gasteiger partial charge in [0.15, 0.2) is 9.84 Å². The number of rotatable bonds is 2. The first-order valence-corrected chi connectivity index (χ1v) is 6.93. The van der Waals surface area contributed by atoms with Crippen LogP contribution < -0.4 is 0 Å². The third-order valence-electron chi connectivity index (χ3n) is 2.51. The Morgan fingerprint density at radius 3 is 2.57 bits per heavy atom. The Labute approximate surface area is 85.2 Å². The molecule has 0 aromatic carbocycles. The van der Waals surface area contributed by atoms with E-state index in [4.69, 9.17) is 0 Å². The Balaban J connectivity index is 2.59. The molecule has 0 aromatic rings. The molecule has 0 spiro atoms. The Hall–Kier alpha value is -0.580. The van der Waals surface area contributed by atoms with Crippen molar-refractivity contribution in [2.24, 2.45) is 0 Å². The van der Waals surface area contributed by atoms with Gasteiger partial charge in [-0.05, 0) is 26.2 Å². The second-order valence-corrected chi connectivity index (χ2v) is 6.14. The average Bonchev–Trinajstić information content (AvgIpc) is 2.01. The minimum absolute atomic E-state index is 0.193. The fourth-order valence-electron chi connectivity index (χ4n) is 1.78. The van der Waals surface area contributed by atoms with Crippen LogP contribution in [0.2, 0.25) is 0 Å². The van der Waals surface area contributed by atoms with Crippen molar-refractivity contribution in [3.8, 4) is 0 Å². The summed E-state index contributed by atoms with van der Waals surface area (Å²) in [5, 5.41) is 0. The molecule has 1 aliphatic rings. The molecule has 0 saturated carbocycles. The predicted molar refractivity (Wildman–Crippen MR) is 54.7 cm³/mol. The minimum Gasteiger partial charge on any atom is -0.339 e. The summed E-state index contributed by atoms with van der Waals surface area (Å²) in [6.45, 7) is 2.68. The van der Waals surface area contributed by atoms with Gasteiger partial charge in [0.2, 0.25) is 5.91 Å². The molecule has 82 valence electrons. The van der Waals surface area contributed by atoms with Gasteiger partial charge in [-0.1, -0.05) is 0 Å². The van der Waals surface area contributed by atoms with Crippen LogP contribution in [0.4, 0.5) is 0 Å². The lowest BCUT2D eigenvalue weighted by molar-refractivity contribution is -0.131. The van der Waals surface area contributed by atoms with E-state index >= 15 is 0 Å². The predicted octanol–water partition coefficient (Wildman–Crippen LogP) is 0.432. The zero-order valence-electron chi connectivity index (χ0n) is 8.69. The van der Waals surface area contributed by atoms with E-state index in [1.54, 1.807) is 4.90 Å². The van der Waals surface area contributed by atoms with Gasteiger partial charge < -0.3 is 4.90 Å². The first kappa shape index (κ1) is 11.5. The quantitative estimate of drug-likeness (QED) is 0.677. The van der Waals surface area contributed by atoms with Gasteiger partial charge in [0, 0.05) is 18.8 Å². The van der Waals surface area contributed by atoms with E-state index in [2.05, 4.69) is 0 Å². The van der Waals surface area contributed by atoms with Gasteiger partial charge in [-0.25, -0.2) is 8.42 Å². The highest BCUT2D eigenvalue weighted by Crippen LogP contribution is 2.16. The van der Waals surface area contributed by atoms with Crippen molar-refractivity contribution >= 4 is 15.7 Å². The van der Waals surface area contributed by atoms with Gasteiger partial charge in [0.1, 0.15) is 5.75 Å². The third-order valence-corrected chi connectivity index (χ3v) is 3.28. The average molecular weight is 219 g/mol. The van der Waals surface area contributed by atoms with E-state index < -0.39 is 9.84 Å². The number of hydrogen-bond acceptors (Lipinski definition) is 3. The van der Waals surface area contributed by atoms with Crippen LogP contribution in [0.3, 0.4) is 0 Å². The molecule has 1 amide bonds. The monoisotopic (exact) mass is 219 g/mol. The molecule has 14 heavy (non-hydrogen) atoms. The summed E-state index contributed by atoms with van der Waals surface area (Å²) >= 11 is 0. The van der Waals surface area contributed by atoms with Crippen LogP contribution in [0.15, 0.2) is 0 Å². The third kappa shape index (κ3) is 3.29. The first-order chi connectivity index (χ1) is 6.40. The second kappa shape index (κ2) is 4.29. The van der Waals surface area contributed by atoms with Crippen LogP contribution in [0.1, 0.15) is 26.2 Å². The highest BCUT2D eigenvalue weighted by atomic mass is 32.2. The summed E-state index contributed by atoms with van der Waals surface area (Å²) in [4.78, 5) is 13.3. The summed E-state index contributed by atoms with van der Waals surface area (Å²) < 4.78 is 21.9. The van der Waals surface area contributed by atoms with Crippen LogP contribution in [0, 0.1) is 0 Å². The van der Waals surface area contributed by atoms with E-state index in [1.165, 1.54) is 0 Å². The van der Waals surface area contributed by atoms with Gasteiger partial charge in [0.05, 0.1) is 0 Å². The van der Waals surface area contributed by atoms with Crippen molar-refractivity contribution in [1.82, 2.24) is 4.90 Å². The molecule has 4 nitrogen and oxygen atoms in total. The van der Waals surface area contributed by atoms with E-state index in [1.807, 2.05) is 6.92 Å². The molecule has 1 rings (SSSR count). The van der Waals surface area contributed by atoms with Crippen LogP contribution in [-0.4, -0.2) is 43.8 Å². The summed E-state index contributed by atoms with van der Waals surface area (Å²) in [5.41, 5.74) is 0. The van der Waals surface area contributed by atoms with Crippen molar-refractivity contribution in [3.63, 3.8) is 0 Å². The fourth-order valence-corrected chi connectivity index (χ4v) is 2.39. The number of carbonyl (C=O) groups excluding carboxylic acids is 1. The van der Waals surface area contributed by atoms with Gasteiger partial charge in [-0.15, -0.1) is 0 Å². The highest BCUT2D eigenvalue weighted by Gasteiger charge is 2.25. The Bertz CT molecular complexity index is 310. The van der Waals surface area contributed by atoms with Crippen LogP contribution in [0.5, 0.6) is 0 Å². The van der Waals surface area contributed by atoms with Crippen LogP contribution >= 0.6 is 0 Å². The molecule has 1 aliphatic heterocycles. The smallest absolute Gasteiger partial charge is 0.237 e. The van der Waals surface area contributed by atoms with Crippen molar-refractivity contribution in [1.29, 1.82) is 0 Å². The maximum absolute atomic E-state index is 11.6. The topological polar surface area (TPSA) is 54.5 Å². The Morgan fingerprint density at radius 2 is 2.07 bits per heavy atom. The molecule has 0 aliphatic carbocycles. The largest absolute Gasteiger partial charge is 0.339 e. The lowest BCUT2D eigenvalue weighted by atomic mass is 10.0. The maximum Gasteiger partial charge on any atom is 0.237 e. The number of piperidine rings is 1. The molecule has 5 heteroatoms.